The van der Waals surface area contributed by atoms with Crippen LogP contribution >= 0.6 is 23.2 Å². The molecule has 2 aromatic carbocycles. The van der Waals surface area contributed by atoms with Crippen molar-refractivity contribution in [1.29, 1.82) is 0 Å². The summed E-state index contributed by atoms with van der Waals surface area (Å²) >= 11 is 11.9. The van der Waals surface area contributed by atoms with Gasteiger partial charge in [0.1, 0.15) is 5.56 Å². The molecule has 0 bridgehead atoms. The molecule has 25 heavy (non-hydrogen) atoms. The summed E-state index contributed by atoms with van der Waals surface area (Å²) in [4.78, 5) is 16.1. The van der Waals surface area contributed by atoms with Crippen molar-refractivity contribution in [1.82, 2.24) is 10.2 Å². The van der Waals surface area contributed by atoms with Crippen LogP contribution in [0.15, 0.2) is 53.5 Å². The van der Waals surface area contributed by atoms with Crippen LogP contribution < -0.4 is 5.73 Å². The highest BCUT2D eigenvalue weighted by molar-refractivity contribution is 6.30. The topological polar surface area (TPSA) is 84.1 Å². The summed E-state index contributed by atoms with van der Waals surface area (Å²) in [5.41, 5.74) is 8.15. The first kappa shape index (κ1) is 17.2. The summed E-state index contributed by atoms with van der Waals surface area (Å²) in [7, 11) is 0. The first-order valence-corrected chi connectivity index (χ1v) is 8.19. The van der Waals surface area contributed by atoms with Crippen LogP contribution in [0.4, 0.5) is 5.82 Å². The van der Waals surface area contributed by atoms with Gasteiger partial charge in [-0.2, -0.15) is 5.10 Å². The summed E-state index contributed by atoms with van der Waals surface area (Å²) < 4.78 is 0. The lowest BCUT2D eigenvalue weighted by molar-refractivity contribution is 0.100. The third-order valence-corrected chi connectivity index (χ3v) is 4.03. The monoisotopic (exact) mass is 372 g/mol. The molecule has 3 aromatic rings. The lowest BCUT2D eigenvalue weighted by Crippen LogP contribution is -2.13. The summed E-state index contributed by atoms with van der Waals surface area (Å²) in [6.07, 6.45) is 2.05. The standard InChI is InChI=1S/C18H14Cl2N4O/c19-13-6-4-11(5-7-13)10-22-18-16(17(21)25)15(23-24-18)9-12-2-1-3-14(20)8-12/h1-8,10H,9H2,(H2,21,25)(H,23,24). The molecule has 0 aliphatic rings. The number of rotatable bonds is 5. The molecule has 1 aromatic heterocycles. The van der Waals surface area contributed by atoms with Gasteiger partial charge in [-0.25, -0.2) is 4.99 Å². The summed E-state index contributed by atoms with van der Waals surface area (Å²) in [6.45, 7) is 0. The number of benzene rings is 2. The van der Waals surface area contributed by atoms with E-state index in [1.165, 1.54) is 0 Å². The number of carbonyl (C=O) groups excluding carboxylic acids is 1. The molecular formula is C18H14Cl2N4O. The van der Waals surface area contributed by atoms with E-state index in [0.717, 1.165) is 11.1 Å². The second-order valence-electron chi connectivity index (χ2n) is 5.38. The van der Waals surface area contributed by atoms with Gasteiger partial charge in [-0.05, 0) is 35.4 Å². The predicted octanol–water partition coefficient (Wildman–Crippen LogP) is 4.16. The highest BCUT2D eigenvalue weighted by Gasteiger charge is 2.18. The van der Waals surface area contributed by atoms with Crippen molar-refractivity contribution in [3.63, 3.8) is 0 Å². The number of hydrogen-bond acceptors (Lipinski definition) is 3. The lowest BCUT2D eigenvalue weighted by atomic mass is 10.1. The first-order chi connectivity index (χ1) is 12.0. The van der Waals surface area contributed by atoms with Crippen molar-refractivity contribution in [3.8, 4) is 0 Å². The van der Waals surface area contributed by atoms with Crippen LogP contribution in [-0.4, -0.2) is 22.3 Å². The summed E-state index contributed by atoms with van der Waals surface area (Å²) in [5, 5.41) is 8.21. The molecule has 5 nitrogen and oxygen atoms in total. The van der Waals surface area contributed by atoms with Crippen LogP contribution in [0.3, 0.4) is 0 Å². The van der Waals surface area contributed by atoms with Gasteiger partial charge < -0.3 is 5.73 Å². The third-order valence-electron chi connectivity index (χ3n) is 3.54. The van der Waals surface area contributed by atoms with E-state index < -0.39 is 5.91 Å². The molecule has 0 aliphatic heterocycles. The fourth-order valence-electron chi connectivity index (χ4n) is 2.38. The number of nitrogens with one attached hydrogen (secondary N) is 1. The Morgan fingerprint density at radius 1 is 1.16 bits per heavy atom. The zero-order chi connectivity index (χ0) is 17.8. The summed E-state index contributed by atoms with van der Waals surface area (Å²) in [5.74, 6) is -0.339. The predicted molar refractivity (Wildman–Crippen MR) is 100 cm³/mol. The molecule has 0 saturated heterocycles. The van der Waals surface area contributed by atoms with Gasteiger partial charge >= 0.3 is 0 Å². The van der Waals surface area contributed by atoms with Crippen molar-refractivity contribution in [2.24, 2.45) is 10.7 Å². The molecule has 7 heteroatoms. The van der Waals surface area contributed by atoms with E-state index >= 15 is 0 Å². The number of aromatic amines is 1. The Balaban J connectivity index is 1.89. The van der Waals surface area contributed by atoms with Gasteiger partial charge in [0.15, 0.2) is 5.82 Å². The Morgan fingerprint density at radius 3 is 2.60 bits per heavy atom. The molecule has 1 heterocycles. The first-order valence-electron chi connectivity index (χ1n) is 7.44. The van der Waals surface area contributed by atoms with E-state index in [4.69, 9.17) is 28.9 Å². The smallest absolute Gasteiger partial charge is 0.254 e. The van der Waals surface area contributed by atoms with Gasteiger partial charge in [0, 0.05) is 22.7 Å². The van der Waals surface area contributed by atoms with E-state index in [1.54, 1.807) is 24.4 Å². The van der Waals surface area contributed by atoms with Gasteiger partial charge in [-0.3, -0.25) is 9.89 Å². The fraction of sp³-hybridized carbons (Fsp3) is 0.0556. The molecule has 3 N–H and O–H groups in total. The normalized spacial score (nSPS) is 11.1. The third kappa shape index (κ3) is 4.26. The number of carbonyl (C=O) groups is 1. The number of aliphatic imine (C=N–C) groups is 1. The highest BCUT2D eigenvalue weighted by atomic mass is 35.5. The molecule has 0 fully saturated rings. The quantitative estimate of drug-likeness (QED) is 0.659. The Labute approximate surface area is 154 Å². The van der Waals surface area contributed by atoms with Crippen molar-refractivity contribution in [2.45, 2.75) is 6.42 Å². The van der Waals surface area contributed by atoms with Crippen LogP contribution in [-0.2, 0) is 6.42 Å². The Bertz CT molecular complexity index is 933. The fourth-order valence-corrected chi connectivity index (χ4v) is 2.72. The molecule has 0 radical (unpaired) electrons. The van der Waals surface area contributed by atoms with Crippen LogP contribution in [0.25, 0.3) is 0 Å². The van der Waals surface area contributed by atoms with E-state index in [-0.39, 0.29) is 11.4 Å². The minimum Gasteiger partial charge on any atom is -0.365 e. The van der Waals surface area contributed by atoms with Gasteiger partial charge in [-0.1, -0.05) is 47.5 Å². The zero-order valence-electron chi connectivity index (χ0n) is 13.0. The van der Waals surface area contributed by atoms with E-state index in [9.17, 15) is 4.79 Å². The van der Waals surface area contributed by atoms with Crippen LogP contribution in [0, 0.1) is 0 Å². The number of nitrogens with zero attached hydrogens (tertiary/aromatic N) is 2. The molecule has 0 saturated carbocycles. The van der Waals surface area contributed by atoms with Crippen molar-refractivity contribution in [3.05, 3.63) is 81.0 Å². The average molecular weight is 373 g/mol. The van der Waals surface area contributed by atoms with Gasteiger partial charge in [0.05, 0.1) is 5.69 Å². The van der Waals surface area contributed by atoms with E-state index in [1.807, 2.05) is 30.3 Å². The zero-order valence-corrected chi connectivity index (χ0v) is 14.6. The molecule has 3 rings (SSSR count). The highest BCUT2D eigenvalue weighted by Crippen LogP contribution is 2.23. The minimum absolute atomic E-state index is 0.250. The van der Waals surface area contributed by atoms with Crippen molar-refractivity contribution < 1.29 is 4.79 Å². The van der Waals surface area contributed by atoms with Gasteiger partial charge in [0.25, 0.3) is 5.91 Å². The second-order valence-corrected chi connectivity index (χ2v) is 6.25. The van der Waals surface area contributed by atoms with Crippen LogP contribution in [0.2, 0.25) is 10.0 Å². The van der Waals surface area contributed by atoms with Gasteiger partial charge in [0.2, 0.25) is 0 Å². The summed E-state index contributed by atoms with van der Waals surface area (Å²) in [6, 6.07) is 14.5. The van der Waals surface area contributed by atoms with Crippen LogP contribution in [0.1, 0.15) is 27.2 Å². The van der Waals surface area contributed by atoms with Crippen LogP contribution in [0.5, 0.6) is 0 Å². The van der Waals surface area contributed by atoms with E-state index in [0.29, 0.717) is 22.2 Å². The Morgan fingerprint density at radius 2 is 1.92 bits per heavy atom. The van der Waals surface area contributed by atoms with Gasteiger partial charge in [-0.15, -0.1) is 0 Å². The Kier molecular flexibility index (Phi) is 5.16. The Hall–Kier alpha value is -2.63. The van der Waals surface area contributed by atoms with Crippen molar-refractivity contribution in [2.75, 3.05) is 0 Å². The average Bonchev–Trinajstić information content (AvgIpc) is 2.97. The van der Waals surface area contributed by atoms with E-state index in [2.05, 4.69) is 15.2 Å². The maximum Gasteiger partial charge on any atom is 0.254 e. The number of H-pyrrole nitrogens is 1. The van der Waals surface area contributed by atoms with Crippen molar-refractivity contribution >= 4 is 41.1 Å². The number of nitrogens with two attached hydrogens (primary N) is 1. The largest absolute Gasteiger partial charge is 0.365 e. The number of primary amides is 1. The molecule has 0 aliphatic carbocycles. The second kappa shape index (κ2) is 7.51. The molecular weight excluding hydrogens is 359 g/mol. The molecule has 0 unspecified atom stereocenters. The number of halogens is 2. The number of aromatic nitrogens is 2. The molecule has 126 valence electrons. The number of hydrogen-bond donors (Lipinski definition) is 2. The maximum absolute atomic E-state index is 11.9. The SMILES string of the molecule is NC(=O)c1c(N=Cc2ccc(Cl)cc2)n[nH]c1Cc1cccc(Cl)c1. The lowest BCUT2D eigenvalue weighted by Gasteiger charge is -2.02. The molecule has 0 spiro atoms. The number of amides is 1. The molecule has 0 atom stereocenters. The molecule has 1 amide bonds. The maximum atomic E-state index is 11.9. The minimum atomic E-state index is -0.589.